The molecule has 8 heteroatoms. The largest absolute Gasteiger partial charge is 0.454 e. The minimum atomic E-state index is -3.39. The second-order valence-electron chi connectivity index (χ2n) is 7.74. The zero-order valence-electron chi connectivity index (χ0n) is 15.8. The van der Waals surface area contributed by atoms with Crippen LogP contribution in [-0.4, -0.2) is 43.5 Å². The van der Waals surface area contributed by atoms with Crippen molar-refractivity contribution < 1.29 is 22.7 Å². The van der Waals surface area contributed by atoms with Crippen LogP contribution >= 0.6 is 0 Å². The number of nitrogens with one attached hydrogen (secondary N) is 1. The SMILES string of the molecule is O=C(Nc1ccc2c(c1)OCO2)N1C2CCC1CC(S(=O)(=O)c1ccccc1)C2. The number of amides is 2. The fraction of sp³-hybridized carbons (Fsp3) is 0.381. The van der Waals surface area contributed by atoms with E-state index in [1.54, 1.807) is 42.5 Å². The molecule has 1 N–H and O–H groups in total. The van der Waals surface area contributed by atoms with Crippen LogP contribution < -0.4 is 14.8 Å². The van der Waals surface area contributed by atoms with Crippen LogP contribution in [0.15, 0.2) is 53.4 Å². The molecule has 0 spiro atoms. The number of anilines is 1. The van der Waals surface area contributed by atoms with Gasteiger partial charge in [0.05, 0.1) is 10.1 Å². The van der Waals surface area contributed by atoms with Gasteiger partial charge in [0.15, 0.2) is 21.3 Å². The number of carbonyl (C=O) groups is 1. The van der Waals surface area contributed by atoms with Crippen molar-refractivity contribution in [2.75, 3.05) is 12.1 Å². The summed E-state index contributed by atoms with van der Waals surface area (Å²) in [5.41, 5.74) is 0.637. The smallest absolute Gasteiger partial charge is 0.322 e. The molecule has 3 heterocycles. The van der Waals surface area contributed by atoms with Gasteiger partial charge in [0, 0.05) is 23.8 Å². The number of ether oxygens (including phenoxy) is 2. The van der Waals surface area contributed by atoms with Gasteiger partial charge in [-0.25, -0.2) is 13.2 Å². The topological polar surface area (TPSA) is 84.9 Å². The molecule has 2 amide bonds. The lowest BCUT2D eigenvalue weighted by atomic mass is 10.0. The molecule has 2 aromatic carbocycles. The van der Waals surface area contributed by atoms with Crippen molar-refractivity contribution in [3.05, 3.63) is 48.5 Å². The number of rotatable bonds is 3. The molecule has 152 valence electrons. The standard InChI is InChI=1S/C21H22N2O5S/c24-21(22-14-6-9-19-20(10-14)28-13-27-19)23-15-7-8-16(23)12-18(11-15)29(25,26)17-4-2-1-3-5-17/h1-6,9-10,15-16,18H,7-8,11-13H2,(H,22,24). The molecular weight excluding hydrogens is 392 g/mol. The number of piperidine rings is 1. The first kappa shape index (κ1) is 18.3. The Bertz CT molecular complexity index is 1030. The normalized spacial score (nSPS) is 25.1. The van der Waals surface area contributed by atoms with Crippen molar-refractivity contribution in [1.82, 2.24) is 4.90 Å². The summed E-state index contributed by atoms with van der Waals surface area (Å²) in [6, 6.07) is 13.6. The van der Waals surface area contributed by atoms with E-state index in [1.165, 1.54) is 0 Å². The third-order valence-corrected chi connectivity index (χ3v) is 8.25. The number of hydrogen-bond donors (Lipinski definition) is 1. The molecule has 0 radical (unpaired) electrons. The fourth-order valence-corrected chi connectivity index (χ4v) is 6.55. The van der Waals surface area contributed by atoms with Crippen LogP contribution in [0.3, 0.4) is 0 Å². The molecule has 2 unspecified atom stereocenters. The second-order valence-corrected chi connectivity index (χ2v) is 9.97. The van der Waals surface area contributed by atoms with Gasteiger partial charge in [0.25, 0.3) is 0 Å². The molecule has 2 saturated heterocycles. The van der Waals surface area contributed by atoms with Gasteiger partial charge >= 0.3 is 6.03 Å². The van der Waals surface area contributed by atoms with Crippen LogP contribution in [0.5, 0.6) is 11.5 Å². The lowest BCUT2D eigenvalue weighted by Gasteiger charge is -2.38. The molecule has 3 aliphatic heterocycles. The lowest BCUT2D eigenvalue weighted by Crippen LogP contribution is -2.51. The number of benzene rings is 2. The minimum Gasteiger partial charge on any atom is -0.454 e. The van der Waals surface area contributed by atoms with E-state index in [0.29, 0.717) is 34.9 Å². The fourth-order valence-electron chi connectivity index (χ4n) is 4.68. The van der Waals surface area contributed by atoms with E-state index in [0.717, 1.165) is 12.8 Å². The third-order valence-electron chi connectivity index (χ3n) is 6.06. The van der Waals surface area contributed by atoms with E-state index in [2.05, 4.69) is 5.32 Å². The van der Waals surface area contributed by atoms with Crippen molar-refractivity contribution in [3.63, 3.8) is 0 Å². The molecule has 0 saturated carbocycles. The van der Waals surface area contributed by atoms with Gasteiger partial charge in [-0.15, -0.1) is 0 Å². The molecule has 2 atom stereocenters. The van der Waals surface area contributed by atoms with Crippen molar-refractivity contribution in [3.8, 4) is 11.5 Å². The molecule has 2 fully saturated rings. The van der Waals surface area contributed by atoms with Crippen LogP contribution in [0, 0.1) is 0 Å². The van der Waals surface area contributed by atoms with Gasteiger partial charge < -0.3 is 19.7 Å². The van der Waals surface area contributed by atoms with Gasteiger partial charge in [0.2, 0.25) is 6.79 Å². The van der Waals surface area contributed by atoms with Crippen molar-refractivity contribution >= 4 is 21.6 Å². The first-order chi connectivity index (χ1) is 14.0. The average molecular weight is 414 g/mol. The van der Waals surface area contributed by atoms with Crippen molar-refractivity contribution in [2.45, 2.75) is 47.9 Å². The van der Waals surface area contributed by atoms with Gasteiger partial charge in [-0.3, -0.25) is 0 Å². The summed E-state index contributed by atoms with van der Waals surface area (Å²) in [6.45, 7) is 0.181. The van der Waals surface area contributed by atoms with Crippen LogP contribution in [-0.2, 0) is 9.84 Å². The molecule has 3 aliphatic rings. The summed E-state index contributed by atoms with van der Waals surface area (Å²) < 4.78 is 36.7. The van der Waals surface area contributed by atoms with Gasteiger partial charge in [-0.1, -0.05) is 18.2 Å². The zero-order chi connectivity index (χ0) is 20.0. The summed E-state index contributed by atoms with van der Waals surface area (Å²) in [6.07, 6.45) is 2.62. The van der Waals surface area contributed by atoms with Crippen LogP contribution in [0.1, 0.15) is 25.7 Å². The van der Waals surface area contributed by atoms with Crippen molar-refractivity contribution in [2.24, 2.45) is 0 Å². The number of nitrogens with zero attached hydrogens (tertiary/aromatic N) is 1. The van der Waals surface area contributed by atoms with E-state index in [9.17, 15) is 13.2 Å². The van der Waals surface area contributed by atoms with E-state index in [1.807, 2.05) is 11.0 Å². The zero-order valence-corrected chi connectivity index (χ0v) is 16.6. The predicted molar refractivity (Wildman–Crippen MR) is 107 cm³/mol. The molecule has 2 bridgehead atoms. The molecule has 0 aliphatic carbocycles. The Labute approximate surface area is 169 Å². The Morgan fingerprint density at radius 1 is 0.966 bits per heavy atom. The highest BCUT2D eigenvalue weighted by atomic mass is 32.2. The molecular formula is C21H22N2O5S. The Morgan fingerprint density at radius 2 is 1.66 bits per heavy atom. The van der Waals surface area contributed by atoms with Gasteiger partial charge in [-0.2, -0.15) is 0 Å². The summed E-state index contributed by atoms with van der Waals surface area (Å²) in [7, 11) is -3.39. The quantitative estimate of drug-likeness (QED) is 0.832. The number of sulfone groups is 1. The highest BCUT2D eigenvalue weighted by Crippen LogP contribution is 2.40. The van der Waals surface area contributed by atoms with Crippen molar-refractivity contribution in [1.29, 1.82) is 0 Å². The number of urea groups is 1. The second kappa shape index (κ2) is 6.95. The van der Waals surface area contributed by atoms with Crippen LogP contribution in [0.2, 0.25) is 0 Å². The third kappa shape index (κ3) is 3.21. The average Bonchev–Trinajstić information content (AvgIpc) is 3.29. The summed E-state index contributed by atoms with van der Waals surface area (Å²) >= 11 is 0. The highest BCUT2D eigenvalue weighted by Gasteiger charge is 2.47. The van der Waals surface area contributed by atoms with E-state index in [-0.39, 0.29) is 24.9 Å². The van der Waals surface area contributed by atoms with E-state index < -0.39 is 15.1 Å². The van der Waals surface area contributed by atoms with E-state index >= 15 is 0 Å². The molecule has 7 nitrogen and oxygen atoms in total. The predicted octanol–water partition coefficient (Wildman–Crippen LogP) is 3.42. The molecule has 29 heavy (non-hydrogen) atoms. The van der Waals surface area contributed by atoms with Crippen LogP contribution in [0.4, 0.5) is 10.5 Å². The number of fused-ring (bicyclic) bond motifs is 3. The monoisotopic (exact) mass is 414 g/mol. The first-order valence-electron chi connectivity index (χ1n) is 9.80. The molecule has 0 aromatic heterocycles. The maximum atomic E-state index is 13.0. The number of carbonyl (C=O) groups excluding carboxylic acids is 1. The molecule has 5 rings (SSSR count). The summed E-state index contributed by atoms with van der Waals surface area (Å²) in [5.74, 6) is 1.27. The van der Waals surface area contributed by atoms with Gasteiger partial charge in [0.1, 0.15) is 0 Å². The Hall–Kier alpha value is -2.74. The maximum Gasteiger partial charge on any atom is 0.322 e. The first-order valence-corrected chi connectivity index (χ1v) is 11.3. The summed E-state index contributed by atoms with van der Waals surface area (Å²) in [5, 5.41) is 2.48. The lowest BCUT2D eigenvalue weighted by molar-refractivity contribution is 0.160. The Balaban J connectivity index is 1.31. The highest BCUT2D eigenvalue weighted by molar-refractivity contribution is 7.92. The Morgan fingerprint density at radius 3 is 2.38 bits per heavy atom. The van der Waals surface area contributed by atoms with E-state index in [4.69, 9.17) is 9.47 Å². The summed E-state index contributed by atoms with van der Waals surface area (Å²) in [4.78, 5) is 15.1. The van der Waals surface area contributed by atoms with Gasteiger partial charge in [-0.05, 0) is 49.9 Å². The molecule has 2 aromatic rings. The number of hydrogen-bond acceptors (Lipinski definition) is 5. The minimum absolute atomic E-state index is 0.0637. The van der Waals surface area contributed by atoms with Crippen LogP contribution in [0.25, 0.3) is 0 Å². The Kier molecular flexibility index (Phi) is 4.38. The maximum absolute atomic E-state index is 13.0.